The lowest BCUT2D eigenvalue weighted by molar-refractivity contribution is -0.139. The van der Waals surface area contributed by atoms with Crippen molar-refractivity contribution in [1.29, 1.82) is 0 Å². The van der Waals surface area contributed by atoms with E-state index in [2.05, 4.69) is 4.72 Å². The van der Waals surface area contributed by atoms with Gasteiger partial charge in [0.2, 0.25) is 10.0 Å². The Labute approximate surface area is 152 Å². The first-order valence-electron chi connectivity index (χ1n) is 7.80. The second-order valence-electron chi connectivity index (χ2n) is 6.17. The molecule has 0 fully saturated rings. The van der Waals surface area contributed by atoms with Gasteiger partial charge in [0.25, 0.3) is 0 Å². The summed E-state index contributed by atoms with van der Waals surface area (Å²) in [5.41, 5.74) is 1.75. The molecule has 0 amide bonds. The highest BCUT2D eigenvalue weighted by atomic mass is 35.5. The first-order chi connectivity index (χ1) is 11.7. The van der Waals surface area contributed by atoms with E-state index in [1.54, 1.807) is 24.3 Å². The minimum absolute atomic E-state index is 0.0280. The fourth-order valence-corrected chi connectivity index (χ4v) is 3.72. The average molecular weight is 382 g/mol. The molecule has 0 spiro atoms. The molecule has 0 bridgehead atoms. The summed E-state index contributed by atoms with van der Waals surface area (Å²) in [4.78, 5) is 11.3. The summed E-state index contributed by atoms with van der Waals surface area (Å²) in [7, 11) is -3.91. The quantitative estimate of drug-likeness (QED) is 0.764. The zero-order valence-electron chi connectivity index (χ0n) is 13.9. The summed E-state index contributed by atoms with van der Waals surface area (Å²) in [5, 5.41) is 9.83. The van der Waals surface area contributed by atoms with E-state index in [1.165, 1.54) is 12.1 Å². The molecule has 2 N–H and O–H groups in total. The summed E-state index contributed by atoms with van der Waals surface area (Å²) in [6, 6.07) is 12.3. The Hall–Kier alpha value is -1.89. The van der Waals surface area contributed by atoms with E-state index in [-0.39, 0.29) is 17.2 Å². The van der Waals surface area contributed by atoms with Crippen LogP contribution in [0.15, 0.2) is 53.4 Å². The zero-order valence-corrected chi connectivity index (χ0v) is 15.5. The maximum atomic E-state index is 12.4. The summed E-state index contributed by atoms with van der Waals surface area (Å²) < 4.78 is 27.1. The lowest BCUT2D eigenvalue weighted by atomic mass is 10.1. The molecule has 0 saturated heterocycles. The van der Waals surface area contributed by atoms with Gasteiger partial charge < -0.3 is 5.11 Å². The number of halogens is 1. The lowest BCUT2D eigenvalue weighted by Gasteiger charge is -2.16. The van der Waals surface area contributed by atoms with Gasteiger partial charge in [0.1, 0.15) is 6.04 Å². The van der Waals surface area contributed by atoms with Crippen LogP contribution in [0.1, 0.15) is 20.3 Å². The number of carboxylic acids is 1. The Morgan fingerprint density at radius 2 is 1.52 bits per heavy atom. The predicted molar refractivity (Wildman–Crippen MR) is 98.1 cm³/mol. The highest BCUT2D eigenvalue weighted by Gasteiger charge is 2.26. The summed E-state index contributed by atoms with van der Waals surface area (Å²) >= 11 is 5.86. The van der Waals surface area contributed by atoms with Crippen LogP contribution in [-0.4, -0.2) is 25.5 Å². The highest BCUT2D eigenvalue weighted by Crippen LogP contribution is 2.23. The monoisotopic (exact) mass is 381 g/mol. The van der Waals surface area contributed by atoms with Gasteiger partial charge in [0.15, 0.2) is 0 Å². The fourth-order valence-electron chi connectivity index (χ4n) is 2.39. The average Bonchev–Trinajstić information content (AvgIpc) is 2.54. The highest BCUT2D eigenvalue weighted by molar-refractivity contribution is 7.89. The molecule has 0 aliphatic heterocycles. The number of aliphatic carboxylic acids is 1. The number of nitrogens with one attached hydrogen (secondary N) is 1. The molecule has 1 atom stereocenters. The van der Waals surface area contributed by atoms with E-state index in [0.29, 0.717) is 5.02 Å². The third-order valence-corrected chi connectivity index (χ3v) is 5.38. The van der Waals surface area contributed by atoms with Crippen molar-refractivity contribution in [3.05, 3.63) is 53.6 Å². The fraction of sp³-hybridized carbons (Fsp3) is 0.278. The largest absolute Gasteiger partial charge is 0.480 e. The number of hydrogen-bond acceptors (Lipinski definition) is 3. The van der Waals surface area contributed by atoms with Gasteiger partial charge in [-0.3, -0.25) is 4.79 Å². The van der Waals surface area contributed by atoms with Gasteiger partial charge >= 0.3 is 5.97 Å². The molecule has 0 heterocycles. The number of carbonyl (C=O) groups is 1. The third kappa shape index (κ3) is 5.29. The third-order valence-electron chi connectivity index (χ3n) is 3.64. The van der Waals surface area contributed by atoms with Gasteiger partial charge in [-0.25, -0.2) is 8.42 Å². The molecule has 7 heteroatoms. The molecule has 0 aliphatic carbocycles. The maximum Gasteiger partial charge on any atom is 0.321 e. The summed E-state index contributed by atoms with van der Waals surface area (Å²) in [6.45, 7) is 3.68. The molecule has 5 nitrogen and oxygen atoms in total. The van der Waals surface area contributed by atoms with Gasteiger partial charge in [0.05, 0.1) is 4.90 Å². The maximum absolute atomic E-state index is 12.4. The van der Waals surface area contributed by atoms with Gasteiger partial charge in [-0.05, 0) is 47.7 Å². The molecular weight excluding hydrogens is 362 g/mol. The van der Waals surface area contributed by atoms with E-state index in [9.17, 15) is 18.3 Å². The zero-order chi connectivity index (χ0) is 18.6. The van der Waals surface area contributed by atoms with Gasteiger partial charge in [0, 0.05) is 5.02 Å². The van der Waals surface area contributed by atoms with Crippen LogP contribution >= 0.6 is 11.6 Å². The Morgan fingerprint density at radius 3 is 1.96 bits per heavy atom. The van der Waals surface area contributed by atoms with Crippen molar-refractivity contribution in [1.82, 2.24) is 4.72 Å². The Bertz CT molecular complexity index is 830. The Kier molecular flexibility index (Phi) is 6.21. The smallest absolute Gasteiger partial charge is 0.321 e. The van der Waals surface area contributed by atoms with Crippen molar-refractivity contribution >= 4 is 27.6 Å². The predicted octanol–water partition coefficient (Wildman–Crippen LogP) is 3.78. The van der Waals surface area contributed by atoms with E-state index < -0.39 is 22.0 Å². The van der Waals surface area contributed by atoms with Crippen molar-refractivity contribution in [3.63, 3.8) is 0 Å². The lowest BCUT2D eigenvalue weighted by Crippen LogP contribution is -2.41. The first kappa shape index (κ1) is 19.4. The second kappa shape index (κ2) is 7.99. The Balaban J connectivity index is 2.22. The first-order valence-corrected chi connectivity index (χ1v) is 9.66. The van der Waals surface area contributed by atoms with E-state index in [4.69, 9.17) is 11.6 Å². The van der Waals surface area contributed by atoms with Crippen LogP contribution in [0.5, 0.6) is 0 Å². The van der Waals surface area contributed by atoms with E-state index in [0.717, 1.165) is 11.1 Å². The van der Waals surface area contributed by atoms with Gasteiger partial charge in [-0.2, -0.15) is 4.72 Å². The molecule has 2 rings (SSSR count). The number of hydrogen-bond donors (Lipinski definition) is 2. The van der Waals surface area contributed by atoms with Crippen LogP contribution in [-0.2, 0) is 14.8 Å². The SMILES string of the molecule is CC(C)C[C@@H](NS(=O)(=O)c1ccc(-c2ccc(Cl)cc2)cc1)C(=O)O. The number of rotatable bonds is 7. The van der Waals surface area contributed by atoms with Crippen LogP contribution < -0.4 is 4.72 Å². The van der Waals surface area contributed by atoms with E-state index in [1.807, 2.05) is 26.0 Å². The van der Waals surface area contributed by atoms with Crippen molar-refractivity contribution in [2.75, 3.05) is 0 Å². The van der Waals surface area contributed by atoms with Crippen LogP contribution in [0.4, 0.5) is 0 Å². The minimum atomic E-state index is -3.91. The number of carboxylic acid groups (broad SMARTS) is 1. The molecule has 0 saturated carbocycles. The molecule has 0 radical (unpaired) electrons. The summed E-state index contributed by atoms with van der Waals surface area (Å²) in [5.74, 6) is -1.13. The van der Waals surface area contributed by atoms with Gasteiger partial charge in [-0.1, -0.05) is 49.7 Å². The number of sulfonamides is 1. The molecule has 0 aliphatic rings. The van der Waals surface area contributed by atoms with Crippen molar-refractivity contribution in [2.45, 2.75) is 31.2 Å². The molecule has 2 aromatic carbocycles. The van der Waals surface area contributed by atoms with E-state index >= 15 is 0 Å². The normalized spacial score (nSPS) is 13.0. The summed E-state index contributed by atoms with van der Waals surface area (Å²) in [6.07, 6.45) is 0.220. The van der Waals surface area contributed by atoms with Crippen LogP contribution in [0.3, 0.4) is 0 Å². The Morgan fingerprint density at radius 1 is 1.04 bits per heavy atom. The molecule has 0 aromatic heterocycles. The second-order valence-corrected chi connectivity index (χ2v) is 8.32. The topological polar surface area (TPSA) is 83.5 Å². The molecule has 2 aromatic rings. The molecule has 0 unspecified atom stereocenters. The van der Waals surface area contributed by atoms with Crippen molar-refractivity contribution in [3.8, 4) is 11.1 Å². The molecule has 25 heavy (non-hydrogen) atoms. The standard InChI is InChI=1S/C18H20ClNO4S/c1-12(2)11-17(18(21)22)20-25(23,24)16-9-5-14(6-10-16)13-3-7-15(19)8-4-13/h3-10,12,17,20H,11H2,1-2H3,(H,21,22)/t17-/m1/s1. The van der Waals surface area contributed by atoms with Crippen LogP contribution in [0, 0.1) is 5.92 Å². The van der Waals surface area contributed by atoms with Crippen LogP contribution in [0.2, 0.25) is 5.02 Å². The molecular formula is C18H20ClNO4S. The van der Waals surface area contributed by atoms with Crippen LogP contribution in [0.25, 0.3) is 11.1 Å². The van der Waals surface area contributed by atoms with Crippen molar-refractivity contribution < 1.29 is 18.3 Å². The molecule has 134 valence electrons. The number of benzene rings is 2. The minimum Gasteiger partial charge on any atom is -0.480 e. The van der Waals surface area contributed by atoms with Crippen molar-refractivity contribution in [2.24, 2.45) is 5.92 Å². The van der Waals surface area contributed by atoms with Gasteiger partial charge in [-0.15, -0.1) is 0 Å².